The number of benzene rings is 1. The van der Waals surface area contributed by atoms with Gasteiger partial charge in [-0.1, -0.05) is 38.3 Å². The Kier molecular flexibility index (Phi) is 5.54. The molecule has 0 bridgehead atoms. The predicted octanol–water partition coefficient (Wildman–Crippen LogP) is 4.62. The summed E-state index contributed by atoms with van der Waals surface area (Å²) >= 11 is 5.58. The summed E-state index contributed by atoms with van der Waals surface area (Å²) in [6, 6.07) is 2.15. The van der Waals surface area contributed by atoms with Crippen LogP contribution in [0.1, 0.15) is 33.6 Å². The lowest BCUT2D eigenvalue weighted by Crippen LogP contribution is -2.25. The average molecular weight is 289 g/mol. The number of nitro groups is 1. The van der Waals surface area contributed by atoms with Crippen molar-refractivity contribution in [3.63, 3.8) is 0 Å². The normalized spacial score (nSPS) is 12.5. The number of nitrogens with zero attached hydrogens (tertiary/aromatic N) is 1. The molecule has 0 aliphatic heterocycles. The first kappa shape index (κ1) is 15.7. The molecule has 0 saturated carbocycles. The maximum Gasteiger partial charge on any atom is 0.294 e. The molecule has 1 N–H and O–H groups in total. The predicted molar refractivity (Wildman–Crippen MR) is 75.2 cm³/mol. The van der Waals surface area contributed by atoms with Gasteiger partial charge in [-0.2, -0.15) is 0 Å². The summed E-state index contributed by atoms with van der Waals surface area (Å²) in [6.45, 7) is 6.06. The number of halogens is 2. The fourth-order valence-corrected chi connectivity index (χ4v) is 2.32. The summed E-state index contributed by atoms with van der Waals surface area (Å²) in [7, 11) is 0. The van der Waals surface area contributed by atoms with Gasteiger partial charge in [-0.15, -0.1) is 0 Å². The van der Waals surface area contributed by atoms with Gasteiger partial charge in [0.2, 0.25) is 0 Å². The second kappa shape index (κ2) is 6.70. The molecule has 0 aliphatic rings. The van der Waals surface area contributed by atoms with E-state index in [9.17, 15) is 14.5 Å². The largest absolute Gasteiger partial charge is 0.377 e. The second-order valence-electron chi connectivity index (χ2n) is 4.55. The first-order valence-corrected chi connectivity index (χ1v) is 6.68. The molecule has 0 saturated heterocycles. The number of anilines is 1. The van der Waals surface area contributed by atoms with Crippen LogP contribution in [0.2, 0.25) is 5.02 Å². The SMILES string of the molecule is CCC(CC)C(C)Nc1cc(F)c(Cl)cc1[N+](=O)[O-]. The summed E-state index contributed by atoms with van der Waals surface area (Å²) in [4.78, 5) is 10.4. The van der Waals surface area contributed by atoms with E-state index in [-0.39, 0.29) is 22.4 Å². The lowest BCUT2D eigenvalue weighted by Gasteiger charge is -2.23. The topological polar surface area (TPSA) is 55.2 Å². The van der Waals surface area contributed by atoms with Crippen molar-refractivity contribution in [3.05, 3.63) is 33.1 Å². The molecule has 1 unspecified atom stereocenters. The summed E-state index contributed by atoms with van der Waals surface area (Å²) in [5.74, 6) is -0.287. The van der Waals surface area contributed by atoms with Crippen molar-refractivity contribution in [1.82, 2.24) is 0 Å². The molecule has 1 rings (SSSR count). The van der Waals surface area contributed by atoms with Gasteiger partial charge < -0.3 is 5.32 Å². The van der Waals surface area contributed by atoms with Gasteiger partial charge in [0.15, 0.2) is 0 Å². The maximum atomic E-state index is 13.4. The molecule has 19 heavy (non-hydrogen) atoms. The van der Waals surface area contributed by atoms with Crippen LogP contribution in [-0.4, -0.2) is 11.0 Å². The van der Waals surface area contributed by atoms with E-state index in [0.717, 1.165) is 25.0 Å². The monoisotopic (exact) mass is 288 g/mol. The Labute approximate surface area is 117 Å². The van der Waals surface area contributed by atoms with Crippen molar-refractivity contribution < 1.29 is 9.31 Å². The molecule has 1 aromatic rings. The van der Waals surface area contributed by atoms with Crippen LogP contribution in [0.5, 0.6) is 0 Å². The third-order valence-corrected chi connectivity index (χ3v) is 3.66. The van der Waals surface area contributed by atoms with Crippen molar-refractivity contribution in [3.8, 4) is 0 Å². The minimum absolute atomic E-state index is 0.0225. The van der Waals surface area contributed by atoms with E-state index in [0.29, 0.717) is 5.92 Å². The summed E-state index contributed by atoms with van der Waals surface area (Å²) < 4.78 is 13.4. The van der Waals surface area contributed by atoms with Crippen LogP contribution in [0.3, 0.4) is 0 Å². The molecule has 4 nitrogen and oxygen atoms in total. The van der Waals surface area contributed by atoms with Crippen molar-refractivity contribution in [2.45, 2.75) is 39.7 Å². The molecule has 1 aromatic carbocycles. The molecule has 0 aromatic heterocycles. The van der Waals surface area contributed by atoms with Gasteiger partial charge in [0.25, 0.3) is 5.69 Å². The van der Waals surface area contributed by atoms with Gasteiger partial charge in [0.1, 0.15) is 11.5 Å². The van der Waals surface area contributed by atoms with Crippen LogP contribution < -0.4 is 5.32 Å². The Hall–Kier alpha value is -1.36. The van der Waals surface area contributed by atoms with E-state index >= 15 is 0 Å². The molecular formula is C13H18ClFN2O2. The van der Waals surface area contributed by atoms with Crippen LogP contribution in [-0.2, 0) is 0 Å². The van der Waals surface area contributed by atoms with Gasteiger partial charge in [0.05, 0.1) is 9.95 Å². The molecule has 0 spiro atoms. The molecule has 1 atom stereocenters. The van der Waals surface area contributed by atoms with E-state index < -0.39 is 10.7 Å². The highest BCUT2D eigenvalue weighted by Gasteiger charge is 2.21. The van der Waals surface area contributed by atoms with Crippen LogP contribution >= 0.6 is 11.6 Å². The minimum Gasteiger partial charge on any atom is -0.377 e. The van der Waals surface area contributed by atoms with Crippen molar-refractivity contribution >= 4 is 23.0 Å². The Morgan fingerprint density at radius 1 is 1.42 bits per heavy atom. The van der Waals surface area contributed by atoms with Gasteiger partial charge >= 0.3 is 0 Å². The molecule has 0 fully saturated rings. The fraction of sp³-hybridized carbons (Fsp3) is 0.538. The van der Waals surface area contributed by atoms with E-state index in [1.165, 1.54) is 0 Å². The summed E-state index contributed by atoms with van der Waals surface area (Å²) in [5.41, 5.74) is -0.0319. The first-order valence-electron chi connectivity index (χ1n) is 6.30. The molecule has 106 valence electrons. The van der Waals surface area contributed by atoms with Crippen LogP contribution in [0.25, 0.3) is 0 Å². The highest BCUT2D eigenvalue weighted by molar-refractivity contribution is 6.31. The number of nitro benzene ring substituents is 1. The Balaban J connectivity index is 3.06. The van der Waals surface area contributed by atoms with Crippen molar-refractivity contribution in [1.29, 1.82) is 0 Å². The number of hydrogen-bond acceptors (Lipinski definition) is 3. The quantitative estimate of drug-likeness (QED) is 0.613. The Morgan fingerprint density at radius 3 is 2.47 bits per heavy atom. The molecule has 0 heterocycles. The number of hydrogen-bond donors (Lipinski definition) is 1. The van der Waals surface area contributed by atoms with Gasteiger partial charge in [-0.25, -0.2) is 4.39 Å². The second-order valence-corrected chi connectivity index (χ2v) is 4.96. The third kappa shape index (κ3) is 3.80. The van der Waals surface area contributed by atoms with E-state index in [1.807, 2.05) is 6.92 Å². The van der Waals surface area contributed by atoms with Crippen molar-refractivity contribution in [2.24, 2.45) is 5.92 Å². The zero-order valence-electron chi connectivity index (χ0n) is 11.2. The van der Waals surface area contributed by atoms with Crippen LogP contribution in [0.4, 0.5) is 15.8 Å². The van der Waals surface area contributed by atoms with Crippen LogP contribution in [0.15, 0.2) is 12.1 Å². The zero-order valence-corrected chi connectivity index (χ0v) is 12.0. The fourth-order valence-electron chi connectivity index (χ4n) is 2.16. The smallest absolute Gasteiger partial charge is 0.294 e. The summed E-state index contributed by atoms with van der Waals surface area (Å²) in [6.07, 6.45) is 1.91. The number of nitrogens with one attached hydrogen (secondary N) is 1. The van der Waals surface area contributed by atoms with Crippen LogP contribution in [0, 0.1) is 21.8 Å². The highest BCUT2D eigenvalue weighted by atomic mass is 35.5. The van der Waals surface area contributed by atoms with E-state index in [2.05, 4.69) is 19.2 Å². The lowest BCUT2D eigenvalue weighted by molar-refractivity contribution is -0.384. The Morgan fingerprint density at radius 2 is 2.00 bits per heavy atom. The molecule has 0 amide bonds. The van der Waals surface area contributed by atoms with E-state index in [1.54, 1.807) is 0 Å². The third-order valence-electron chi connectivity index (χ3n) is 3.37. The Bertz CT molecular complexity index is 464. The molecular weight excluding hydrogens is 271 g/mol. The average Bonchev–Trinajstić information content (AvgIpc) is 2.34. The number of rotatable bonds is 6. The van der Waals surface area contributed by atoms with Gasteiger partial charge in [-0.3, -0.25) is 10.1 Å². The van der Waals surface area contributed by atoms with Gasteiger partial charge in [0, 0.05) is 18.2 Å². The molecule has 0 radical (unpaired) electrons. The summed E-state index contributed by atoms with van der Waals surface area (Å²) in [5, 5.41) is 13.7. The van der Waals surface area contributed by atoms with Crippen molar-refractivity contribution in [2.75, 3.05) is 5.32 Å². The first-order chi connectivity index (χ1) is 8.90. The lowest BCUT2D eigenvalue weighted by atomic mass is 9.95. The minimum atomic E-state index is -0.661. The zero-order chi connectivity index (χ0) is 14.6. The van der Waals surface area contributed by atoms with Gasteiger partial charge in [-0.05, 0) is 12.8 Å². The molecule has 0 aliphatic carbocycles. The van der Waals surface area contributed by atoms with E-state index in [4.69, 9.17) is 11.6 Å². The molecule has 6 heteroatoms. The highest BCUT2D eigenvalue weighted by Crippen LogP contribution is 2.31. The maximum absolute atomic E-state index is 13.4. The standard InChI is InChI=1S/C13H18ClFN2O2/c1-4-9(5-2)8(3)16-12-7-11(15)10(14)6-13(12)17(18)19/h6-9,16H,4-5H2,1-3H3.